The molecule has 0 radical (unpaired) electrons. The summed E-state index contributed by atoms with van der Waals surface area (Å²) >= 11 is 12.2. The lowest BCUT2D eigenvalue weighted by Crippen LogP contribution is -2.27. The first kappa shape index (κ1) is 20.0. The molecule has 0 spiro atoms. The number of aryl methyl sites for hydroxylation is 1. The number of hydrazone groups is 1. The second-order valence-electron chi connectivity index (χ2n) is 6.92. The minimum absolute atomic E-state index is 0.205. The zero-order chi connectivity index (χ0) is 20.6. The van der Waals surface area contributed by atoms with Crippen molar-refractivity contribution >= 4 is 38.9 Å². The summed E-state index contributed by atoms with van der Waals surface area (Å²) in [5.74, 6) is 0. The van der Waals surface area contributed by atoms with E-state index in [-0.39, 0.29) is 4.90 Å². The van der Waals surface area contributed by atoms with Gasteiger partial charge in [0, 0.05) is 16.5 Å². The number of rotatable bonds is 4. The maximum absolute atomic E-state index is 13.4. The minimum Gasteiger partial charge on any atom is -0.200 e. The van der Waals surface area contributed by atoms with E-state index in [2.05, 4.69) is 5.10 Å². The molecule has 7 heteroatoms. The van der Waals surface area contributed by atoms with Gasteiger partial charge < -0.3 is 0 Å². The predicted molar refractivity (Wildman–Crippen MR) is 117 cm³/mol. The normalized spacial score (nSPS) is 16.7. The van der Waals surface area contributed by atoms with Gasteiger partial charge in [0.15, 0.2) is 0 Å². The molecule has 0 bridgehead atoms. The van der Waals surface area contributed by atoms with Gasteiger partial charge in [-0.25, -0.2) is 0 Å². The molecule has 1 heterocycles. The van der Waals surface area contributed by atoms with Gasteiger partial charge in [-0.3, -0.25) is 0 Å². The summed E-state index contributed by atoms with van der Waals surface area (Å²) < 4.78 is 28.0. The lowest BCUT2D eigenvalue weighted by atomic mass is 9.99. The van der Waals surface area contributed by atoms with Crippen molar-refractivity contribution in [2.45, 2.75) is 24.3 Å². The van der Waals surface area contributed by atoms with Gasteiger partial charge in [0.2, 0.25) is 0 Å². The van der Waals surface area contributed by atoms with E-state index in [1.165, 1.54) is 4.41 Å². The second-order valence-corrected chi connectivity index (χ2v) is 9.59. The summed E-state index contributed by atoms with van der Waals surface area (Å²) in [5, 5.41) is 5.69. The van der Waals surface area contributed by atoms with E-state index in [0.717, 1.165) is 16.7 Å². The fraction of sp³-hybridized carbons (Fsp3) is 0.136. The number of hydrogen-bond acceptors (Lipinski definition) is 3. The van der Waals surface area contributed by atoms with Gasteiger partial charge in [0.05, 0.1) is 16.6 Å². The van der Waals surface area contributed by atoms with E-state index in [9.17, 15) is 8.42 Å². The van der Waals surface area contributed by atoms with Crippen molar-refractivity contribution in [2.75, 3.05) is 0 Å². The summed E-state index contributed by atoms with van der Waals surface area (Å²) in [4.78, 5) is 0.205. The quantitative estimate of drug-likeness (QED) is 0.507. The summed E-state index contributed by atoms with van der Waals surface area (Å²) in [7, 11) is -3.84. The Morgan fingerprint density at radius 3 is 2.28 bits per heavy atom. The molecule has 148 valence electrons. The highest BCUT2D eigenvalue weighted by Gasteiger charge is 2.37. The van der Waals surface area contributed by atoms with Crippen LogP contribution in [0.5, 0.6) is 0 Å². The maximum atomic E-state index is 13.4. The Kier molecular flexibility index (Phi) is 5.38. The van der Waals surface area contributed by atoms with Crippen molar-refractivity contribution in [2.24, 2.45) is 5.10 Å². The summed E-state index contributed by atoms with van der Waals surface area (Å²) in [5.41, 5.74) is 3.30. The fourth-order valence-electron chi connectivity index (χ4n) is 3.31. The zero-order valence-corrected chi connectivity index (χ0v) is 17.9. The molecule has 1 aliphatic heterocycles. The van der Waals surface area contributed by atoms with Crippen LogP contribution in [0.4, 0.5) is 0 Å². The maximum Gasteiger partial charge on any atom is 0.279 e. The molecular weight excluding hydrogens is 427 g/mol. The molecule has 0 aromatic heterocycles. The zero-order valence-electron chi connectivity index (χ0n) is 15.6. The minimum atomic E-state index is -3.84. The van der Waals surface area contributed by atoms with Crippen LogP contribution in [-0.2, 0) is 10.0 Å². The first-order chi connectivity index (χ1) is 13.8. The number of hydrogen-bond donors (Lipinski definition) is 0. The van der Waals surface area contributed by atoms with Gasteiger partial charge in [0.25, 0.3) is 10.0 Å². The van der Waals surface area contributed by atoms with Gasteiger partial charge >= 0.3 is 0 Å². The summed E-state index contributed by atoms with van der Waals surface area (Å²) in [6.07, 6.45) is 0.438. The van der Waals surface area contributed by atoms with Crippen LogP contribution in [0.2, 0.25) is 10.0 Å². The molecule has 0 saturated carbocycles. The highest BCUT2D eigenvalue weighted by atomic mass is 35.5. The summed E-state index contributed by atoms with van der Waals surface area (Å²) in [6.45, 7) is 1.91. The van der Waals surface area contributed by atoms with Gasteiger partial charge in [0.1, 0.15) is 0 Å². The van der Waals surface area contributed by atoms with Crippen molar-refractivity contribution in [3.8, 4) is 0 Å². The van der Waals surface area contributed by atoms with Crippen LogP contribution in [0, 0.1) is 6.92 Å². The number of halogens is 2. The third kappa shape index (κ3) is 4.04. The van der Waals surface area contributed by atoms with Crippen LogP contribution < -0.4 is 0 Å². The Bertz CT molecular complexity index is 1170. The van der Waals surface area contributed by atoms with E-state index < -0.39 is 16.1 Å². The smallest absolute Gasteiger partial charge is 0.200 e. The fourth-order valence-corrected chi connectivity index (χ4v) is 5.07. The average Bonchev–Trinajstić information content (AvgIpc) is 3.15. The molecule has 3 aromatic carbocycles. The van der Waals surface area contributed by atoms with Crippen LogP contribution >= 0.6 is 23.2 Å². The van der Waals surface area contributed by atoms with E-state index >= 15 is 0 Å². The van der Waals surface area contributed by atoms with Gasteiger partial charge in [-0.15, -0.1) is 0 Å². The predicted octanol–water partition coefficient (Wildman–Crippen LogP) is 5.84. The summed E-state index contributed by atoms with van der Waals surface area (Å²) in [6, 6.07) is 20.7. The average molecular weight is 445 g/mol. The molecule has 0 fully saturated rings. The molecule has 0 saturated heterocycles. The molecule has 0 N–H and O–H groups in total. The third-order valence-electron chi connectivity index (χ3n) is 4.85. The van der Waals surface area contributed by atoms with Crippen LogP contribution in [0.1, 0.15) is 29.2 Å². The molecule has 0 unspecified atom stereocenters. The monoisotopic (exact) mass is 444 g/mol. The van der Waals surface area contributed by atoms with Crippen molar-refractivity contribution in [3.63, 3.8) is 0 Å². The number of nitrogens with zero attached hydrogens (tertiary/aromatic N) is 2. The van der Waals surface area contributed by atoms with E-state index in [1.54, 1.807) is 48.5 Å². The van der Waals surface area contributed by atoms with Crippen LogP contribution in [0.15, 0.2) is 82.8 Å². The van der Waals surface area contributed by atoms with Gasteiger partial charge in [-0.2, -0.15) is 17.9 Å². The molecule has 1 aliphatic rings. The lowest BCUT2D eigenvalue weighted by Gasteiger charge is -2.23. The SMILES string of the molecule is Cc1ccc(S(=O)(=O)N2N=C(c3ccc(Cl)cc3)C[C@@H]2c2cccc(Cl)c2)cc1. The molecule has 0 aliphatic carbocycles. The highest BCUT2D eigenvalue weighted by molar-refractivity contribution is 7.89. The van der Waals surface area contributed by atoms with Gasteiger partial charge in [-0.1, -0.05) is 65.2 Å². The van der Waals surface area contributed by atoms with E-state index in [4.69, 9.17) is 23.2 Å². The molecule has 4 rings (SSSR count). The molecule has 0 amide bonds. The van der Waals surface area contributed by atoms with Crippen molar-refractivity contribution < 1.29 is 8.42 Å². The van der Waals surface area contributed by atoms with E-state index in [0.29, 0.717) is 22.2 Å². The van der Waals surface area contributed by atoms with Crippen molar-refractivity contribution in [3.05, 3.63) is 99.5 Å². The Balaban J connectivity index is 1.80. The molecule has 1 atom stereocenters. The Hall–Kier alpha value is -2.34. The van der Waals surface area contributed by atoms with Crippen molar-refractivity contribution in [1.29, 1.82) is 0 Å². The Morgan fingerprint density at radius 2 is 1.62 bits per heavy atom. The Morgan fingerprint density at radius 1 is 0.931 bits per heavy atom. The van der Waals surface area contributed by atoms with Crippen LogP contribution in [0.25, 0.3) is 0 Å². The standard InChI is InChI=1S/C22H18Cl2N2O2S/c1-15-5-11-20(12-6-15)29(27,28)26-22(17-3-2-4-19(24)13-17)14-21(25-26)16-7-9-18(23)10-8-16/h2-13,22H,14H2,1H3/t22-/m1/s1. The first-order valence-electron chi connectivity index (χ1n) is 9.04. The second kappa shape index (κ2) is 7.82. The van der Waals surface area contributed by atoms with Crippen molar-refractivity contribution in [1.82, 2.24) is 4.41 Å². The number of sulfonamides is 1. The topological polar surface area (TPSA) is 49.7 Å². The first-order valence-corrected chi connectivity index (χ1v) is 11.2. The number of benzene rings is 3. The third-order valence-corrected chi connectivity index (χ3v) is 7.03. The highest BCUT2D eigenvalue weighted by Crippen LogP contribution is 2.38. The van der Waals surface area contributed by atoms with Crippen LogP contribution in [-0.4, -0.2) is 18.5 Å². The van der Waals surface area contributed by atoms with Crippen LogP contribution in [0.3, 0.4) is 0 Å². The van der Waals surface area contributed by atoms with E-state index in [1.807, 2.05) is 31.2 Å². The largest absolute Gasteiger partial charge is 0.279 e. The lowest BCUT2D eigenvalue weighted by molar-refractivity contribution is 0.371. The molecule has 4 nitrogen and oxygen atoms in total. The molecular formula is C22H18Cl2N2O2S. The molecule has 3 aromatic rings. The molecule has 29 heavy (non-hydrogen) atoms. The Labute approximate surface area is 180 Å². The van der Waals surface area contributed by atoms with Gasteiger partial charge in [-0.05, 0) is 54.4 Å².